The van der Waals surface area contributed by atoms with E-state index in [4.69, 9.17) is 23.2 Å². The van der Waals surface area contributed by atoms with Crippen LogP contribution in [-0.2, 0) is 16.6 Å². The normalized spacial score (nSPS) is 14.6. The number of pyridine rings is 1. The molecule has 4 aromatic rings. The molecule has 0 bridgehead atoms. The Bertz CT molecular complexity index is 1620. The number of piperazine rings is 1. The van der Waals surface area contributed by atoms with Crippen LogP contribution in [0.3, 0.4) is 0 Å². The van der Waals surface area contributed by atoms with Crippen molar-refractivity contribution < 1.29 is 17.6 Å². The van der Waals surface area contributed by atoms with Crippen LogP contribution >= 0.6 is 23.2 Å². The highest BCUT2D eigenvalue weighted by Crippen LogP contribution is 2.27. The molecule has 1 aliphatic heterocycles. The van der Waals surface area contributed by atoms with Crippen LogP contribution in [0, 0.1) is 5.82 Å². The van der Waals surface area contributed by atoms with Crippen LogP contribution < -0.4 is 4.72 Å². The number of carbonyl (C=O) groups is 1. The number of anilines is 1. The molecule has 1 aromatic heterocycles. The van der Waals surface area contributed by atoms with Gasteiger partial charge in [-0.3, -0.25) is 19.4 Å². The highest BCUT2D eigenvalue weighted by atomic mass is 35.5. The van der Waals surface area contributed by atoms with Crippen LogP contribution in [0.2, 0.25) is 10.0 Å². The fourth-order valence-corrected chi connectivity index (χ4v) is 6.04. The van der Waals surface area contributed by atoms with Crippen molar-refractivity contribution >= 4 is 55.7 Å². The van der Waals surface area contributed by atoms with Crippen molar-refractivity contribution in [1.29, 1.82) is 0 Å². The fraction of sp³-hybridized carbons (Fsp3) is 0.185. The molecule has 0 atom stereocenters. The van der Waals surface area contributed by atoms with Gasteiger partial charge >= 0.3 is 0 Å². The second kappa shape index (κ2) is 10.9. The summed E-state index contributed by atoms with van der Waals surface area (Å²) in [6, 6.07) is 17.7. The Hall–Kier alpha value is -3.24. The molecule has 38 heavy (non-hydrogen) atoms. The third-order valence-corrected chi connectivity index (χ3v) is 8.42. The predicted molar refractivity (Wildman–Crippen MR) is 147 cm³/mol. The van der Waals surface area contributed by atoms with Gasteiger partial charge in [0, 0.05) is 44.3 Å². The van der Waals surface area contributed by atoms with Crippen LogP contribution in [-0.4, -0.2) is 55.3 Å². The molecule has 1 aliphatic rings. The molecule has 1 N–H and O–H groups in total. The average Bonchev–Trinajstić information content (AvgIpc) is 2.90. The van der Waals surface area contributed by atoms with Gasteiger partial charge < -0.3 is 4.90 Å². The largest absolute Gasteiger partial charge is 0.336 e. The summed E-state index contributed by atoms with van der Waals surface area (Å²) in [7, 11) is -3.95. The Morgan fingerprint density at radius 1 is 0.947 bits per heavy atom. The number of benzene rings is 3. The molecule has 5 rings (SSSR count). The number of carbonyl (C=O) groups excluding carboxylic acids is 1. The molecule has 1 amide bonds. The Labute approximate surface area is 229 Å². The summed E-state index contributed by atoms with van der Waals surface area (Å²) in [6.45, 7) is 2.74. The predicted octanol–water partition coefficient (Wildman–Crippen LogP) is 5.44. The van der Waals surface area contributed by atoms with Gasteiger partial charge in [-0.1, -0.05) is 47.5 Å². The first kappa shape index (κ1) is 26.4. The number of para-hydroxylation sites is 1. The monoisotopic (exact) mass is 572 g/mol. The van der Waals surface area contributed by atoms with Crippen LogP contribution in [0.5, 0.6) is 0 Å². The van der Waals surface area contributed by atoms with Gasteiger partial charge in [0.2, 0.25) is 0 Å². The van der Waals surface area contributed by atoms with Gasteiger partial charge in [-0.15, -0.1) is 0 Å². The standard InChI is InChI=1S/C27H23Cl2FN4O3S/c28-22-9-6-18(15-24(22)30)17-33-11-13-34(14-12-33)27(35)21-8-7-20(16-23(21)29)32-38(36,37)25-5-1-3-19-4-2-10-31-26(19)25/h1-10,15-16,32H,11-14,17H2. The molecular formula is C27H23Cl2FN4O3S. The number of sulfonamides is 1. The lowest BCUT2D eigenvalue weighted by molar-refractivity contribution is 0.0628. The number of fused-ring (bicyclic) bond motifs is 1. The zero-order valence-electron chi connectivity index (χ0n) is 20.1. The number of nitrogens with one attached hydrogen (secondary N) is 1. The summed E-state index contributed by atoms with van der Waals surface area (Å²) in [6.07, 6.45) is 1.54. The molecule has 0 saturated carbocycles. The van der Waals surface area contributed by atoms with Gasteiger partial charge in [-0.25, -0.2) is 12.8 Å². The second-order valence-electron chi connectivity index (χ2n) is 8.95. The summed E-state index contributed by atoms with van der Waals surface area (Å²) in [5, 5.41) is 0.936. The Morgan fingerprint density at radius 2 is 1.71 bits per heavy atom. The maximum atomic E-state index is 13.7. The molecule has 0 unspecified atom stereocenters. The van der Waals surface area contributed by atoms with Crippen molar-refractivity contribution in [3.63, 3.8) is 0 Å². The molecule has 1 fully saturated rings. The molecule has 0 radical (unpaired) electrons. The van der Waals surface area contributed by atoms with E-state index in [9.17, 15) is 17.6 Å². The Kier molecular flexibility index (Phi) is 7.54. The van der Waals surface area contributed by atoms with E-state index < -0.39 is 15.8 Å². The van der Waals surface area contributed by atoms with Gasteiger partial charge in [-0.05, 0) is 48.0 Å². The van der Waals surface area contributed by atoms with E-state index in [1.165, 1.54) is 42.6 Å². The maximum absolute atomic E-state index is 13.7. The van der Waals surface area contributed by atoms with E-state index in [0.717, 1.165) is 5.56 Å². The lowest BCUT2D eigenvalue weighted by atomic mass is 10.1. The summed E-state index contributed by atoms with van der Waals surface area (Å²) in [5.41, 5.74) is 1.70. The van der Waals surface area contributed by atoms with E-state index in [2.05, 4.69) is 14.6 Å². The van der Waals surface area contributed by atoms with E-state index in [0.29, 0.717) is 43.6 Å². The highest BCUT2D eigenvalue weighted by Gasteiger charge is 2.25. The van der Waals surface area contributed by atoms with Crippen molar-refractivity contribution in [3.8, 4) is 0 Å². The fourth-order valence-electron chi connectivity index (χ4n) is 4.43. The van der Waals surface area contributed by atoms with E-state index in [1.807, 2.05) is 0 Å². The summed E-state index contributed by atoms with van der Waals surface area (Å²) in [4.78, 5) is 21.2. The van der Waals surface area contributed by atoms with Crippen molar-refractivity contribution in [1.82, 2.24) is 14.8 Å². The number of rotatable bonds is 6. The second-order valence-corrected chi connectivity index (χ2v) is 11.4. The smallest absolute Gasteiger partial charge is 0.264 e. The Balaban J connectivity index is 1.24. The third kappa shape index (κ3) is 5.61. The van der Waals surface area contributed by atoms with Crippen LogP contribution in [0.1, 0.15) is 15.9 Å². The highest BCUT2D eigenvalue weighted by molar-refractivity contribution is 7.93. The number of aromatic nitrogens is 1. The summed E-state index contributed by atoms with van der Waals surface area (Å²) < 4.78 is 42.4. The summed E-state index contributed by atoms with van der Waals surface area (Å²) in [5.74, 6) is -0.688. The number of hydrogen-bond acceptors (Lipinski definition) is 5. The zero-order chi connectivity index (χ0) is 26.9. The molecule has 3 aromatic carbocycles. The SMILES string of the molecule is O=C(c1ccc(NS(=O)(=O)c2cccc3cccnc23)cc1Cl)N1CCN(Cc2ccc(Cl)c(F)c2)CC1. The number of amides is 1. The van der Waals surface area contributed by atoms with E-state index in [1.54, 1.807) is 35.2 Å². The molecule has 0 spiro atoms. The minimum atomic E-state index is -3.95. The van der Waals surface area contributed by atoms with Gasteiger partial charge in [0.05, 0.1) is 26.8 Å². The Morgan fingerprint density at radius 3 is 2.45 bits per heavy atom. The quantitative estimate of drug-likeness (QED) is 0.332. The van der Waals surface area contributed by atoms with Gasteiger partial charge in [-0.2, -0.15) is 0 Å². The molecule has 2 heterocycles. The van der Waals surface area contributed by atoms with Gasteiger partial charge in [0.25, 0.3) is 15.9 Å². The summed E-state index contributed by atoms with van der Waals surface area (Å²) >= 11 is 12.2. The van der Waals surface area contributed by atoms with E-state index in [-0.39, 0.29) is 32.1 Å². The van der Waals surface area contributed by atoms with Crippen molar-refractivity contribution in [2.45, 2.75) is 11.4 Å². The van der Waals surface area contributed by atoms with Gasteiger partial charge in [0.15, 0.2) is 0 Å². The average molecular weight is 573 g/mol. The first-order valence-corrected chi connectivity index (χ1v) is 14.1. The number of hydrogen-bond donors (Lipinski definition) is 1. The van der Waals surface area contributed by atoms with Crippen molar-refractivity contribution in [3.05, 3.63) is 99.9 Å². The number of nitrogens with zero attached hydrogens (tertiary/aromatic N) is 3. The third-order valence-electron chi connectivity index (χ3n) is 6.39. The van der Waals surface area contributed by atoms with Gasteiger partial charge in [0.1, 0.15) is 10.7 Å². The number of halogens is 3. The minimum absolute atomic E-state index is 0.0473. The van der Waals surface area contributed by atoms with Crippen LogP contribution in [0.25, 0.3) is 10.9 Å². The first-order valence-electron chi connectivity index (χ1n) is 11.8. The molecule has 7 nitrogen and oxygen atoms in total. The zero-order valence-corrected chi connectivity index (χ0v) is 22.4. The van der Waals surface area contributed by atoms with Crippen LogP contribution in [0.4, 0.5) is 10.1 Å². The molecular weight excluding hydrogens is 550 g/mol. The molecule has 196 valence electrons. The van der Waals surface area contributed by atoms with Crippen molar-refractivity contribution in [2.75, 3.05) is 30.9 Å². The molecule has 11 heteroatoms. The van der Waals surface area contributed by atoms with E-state index >= 15 is 0 Å². The van der Waals surface area contributed by atoms with Crippen molar-refractivity contribution in [2.24, 2.45) is 0 Å². The topological polar surface area (TPSA) is 82.6 Å². The lowest BCUT2D eigenvalue weighted by Gasteiger charge is -2.35. The minimum Gasteiger partial charge on any atom is -0.336 e. The van der Waals surface area contributed by atoms with Crippen LogP contribution in [0.15, 0.2) is 77.8 Å². The lowest BCUT2D eigenvalue weighted by Crippen LogP contribution is -2.48. The first-order chi connectivity index (χ1) is 18.2. The molecule has 0 aliphatic carbocycles. The maximum Gasteiger partial charge on any atom is 0.264 e. The molecule has 1 saturated heterocycles.